The van der Waals surface area contributed by atoms with Crippen LogP contribution in [0.2, 0.25) is 5.02 Å². The van der Waals surface area contributed by atoms with Crippen molar-refractivity contribution in [1.29, 1.82) is 0 Å². The molecule has 0 amide bonds. The van der Waals surface area contributed by atoms with Gasteiger partial charge in [-0.05, 0) is 42.4 Å². The van der Waals surface area contributed by atoms with Crippen molar-refractivity contribution in [2.75, 3.05) is 16.8 Å². The summed E-state index contributed by atoms with van der Waals surface area (Å²) in [7, 11) is 0. The van der Waals surface area contributed by atoms with Gasteiger partial charge < -0.3 is 10.2 Å². The topological polar surface area (TPSA) is 58.4 Å². The number of fused-ring (bicyclic) bond motifs is 1. The van der Waals surface area contributed by atoms with E-state index >= 15 is 0 Å². The minimum absolute atomic E-state index is 0.102. The fourth-order valence-electron chi connectivity index (χ4n) is 2.46. The number of anilines is 2. The third kappa shape index (κ3) is 2.75. The number of nitro groups is 1. The van der Waals surface area contributed by atoms with Crippen LogP contribution >= 0.6 is 23.8 Å². The van der Waals surface area contributed by atoms with Crippen LogP contribution in [-0.2, 0) is 6.42 Å². The fourth-order valence-corrected chi connectivity index (χ4v) is 2.94. The Morgan fingerprint density at radius 3 is 2.82 bits per heavy atom. The van der Waals surface area contributed by atoms with E-state index in [1.807, 2.05) is 23.1 Å². The Kier molecular flexibility index (Phi) is 3.96. The lowest BCUT2D eigenvalue weighted by Crippen LogP contribution is -2.33. The van der Waals surface area contributed by atoms with Crippen molar-refractivity contribution in [1.82, 2.24) is 0 Å². The van der Waals surface area contributed by atoms with E-state index in [1.165, 1.54) is 6.07 Å². The molecule has 1 aliphatic heterocycles. The van der Waals surface area contributed by atoms with Gasteiger partial charge in [0.1, 0.15) is 0 Å². The maximum atomic E-state index is 10.8. The van der Waals surface area contributed by atoms with E-state index in [0.29, 0.717) is 16.7 Å². The van der Waals surface area contributed by atoms with Crippen LogP contribution in [0.1, 0.15) is 5.56 Å². The Balaban J connectivity index is 1.82. The zero-order valence-corrected chi connectivity index (χ0v) is 13.0. The first-order valence-corrected chi connectivity index (χ1v) is 7.45. The third-order valence-electron chi connectivity index (χ3n) is 3.53. The lowest BCUT2D eigenvalue weighted by Gasteiger charge is -2.21. The minimum Gasteiger partial charge on any atom is -0.331 e. The van der Waals surface area contributed by atoms with Crippen molar-refractivity contribution >= 4 is 46.0 Å². The molecule has 0 radical (unpaired) electrons. The van der Waals surface area contributed by atoms with Gasteiger partial charge in [0.05, 0.1) is 15.6 Å². The summed E-state index contributed by atoms with van der Waals surface area (Å²) in [5.41, 5.74) is 2.67. The molecule has 7 heteroatoms. The molecule has 0 atom stereocenters. The van der Waals surface area contributed by atoms with E-state index in [1.54, 1.807) is 18.2 Å². The number of nitro benzene ring substituents is 1. The Hall–Kier alpha value is -2.18. The van der Waals surface area contributed by atoms with Crippen LogP contribution in [0.25, 0.3) is 0 Å². The highest BCUT2D eigenvalue weighted by Crippen LogP contribution is 2.32. The molecule has 0 aliphatic carbocycles. The predicted octanol–water partition coefficient (Wildman–Crippen LogP) is 4.01. The highest BCUT2D eigenvalue weighted by atomic mass is 35.5. The van der Waals surface area contributed by atoms with Crippen LogP contribution in [0, 0.1) is 10.1 Å². The number of nitrogens with one attached hydrogen (secondary N) is 1. The first-order valence-electron chi connectivity index (χ1n) is 6.66. The van der Waals surface area contributed by atoms with Gasteiger partial charge in [-0.15, -0.1) is 0 Å². The minimum atomic E-state index is -0.386. The summed E-state index contributed by atoms with van der Waals surface area (Å²) < 4.78 is 0. The molecular formula is C15H12ClN3O2S. The SMILES string of the molecule is O=[N+]([O-])c1ccc2c(c1)CCN2C(=S)Nc1ccccc1Cl. The normalized spacial score (nSPS) is 12.9. The molecule has 5 nitrogen and oxygen atoms in total. The fraction of sp³-hybridized carbons (Fsp3) is 0.133. The van der Waals surface area contributed by atoms with Crippen LogP contribution in [0.5, 0.6) is 0 Å². The monoisotopic (exact) mass is 333 g/mol. The number of benzene rings is 2. The predicted molar refractivity (Wildman–Crippen MR) is 91.8 cm³/mol. The molecule has 3 rings (SSSR count). The first kappa shape index (κ1) is 14.7. The van der Waals surface area contributed by atoms with E-state index < -0.39 is 0 Å². The number of thiocarbonyl (C=S) groups is 1. The molecule has 1 heterocycles. The molecule has 0 spiro atoms. The van der Waals surface area contributed by atoms with Crippen LogP contribution in [0.15, 0.2) is 42.5 Å². The first-order chi connectivity index (χ1) is 10.6. The van der Waals surface area contributed by atoms with Crippen LogP contribution in [-0.4, -0.2) is 16.6 Å². The maximum Gasteiger partial charge on any atom is 0.269 e. The number of para-hydroxylation sites is 1. The second-order valence-electron chi connectivity index (χ2n) is 4.88. The lowest BCUT2D eigenvalue weighted by molar-refractivity contribution is -0.384. The third-order valence-corrected chi connectivity index (χ3v) is 4.18. The van der Waals surface area contributed by atoms with E-state index in [4.69, 9.17) is 23.8 Å². The number of hydrogen-bond donors (Lipinski definition) is 1. The number of halogens is 1. The zero-order valence-electron chi connectivity index (χ0n) is 11.5. The summed E-state index contributed by atoms with van der Waals surface area (Å²) in [6.07, 6.45) is 0.724. The Bertz CT molecular complexity index is 766. The highest BCUT2D eigenvalue weighted by Gasteiger charge is 2.24. The molecule has 0 aromatic heterocycles. The number of hydrogen-bond acceptors (Lipinski definition) is 3. The van der Waals surface area contributed by atoms with Gasteiger partial charge in [0.15, 0.2) is 5.11 Å². The van der Waals surface area contributed by atoms with Crippen LogP contribution in [0.3, 0.4) is 0 Å². The molecule has 112 valence electrons. The molecule has 22 heavy (non-hydrogen) atoms. The van der Waals surface area contributed by atoms with Gasteiger partial charge in [-0.1, -0.05) is 23.7 Å². The lowest BCUT2D eigenvalue weighted by atomic mass is 10.1. The summed E-state index contributed by atoms with van der Waals surface area (Å²) in [4.78, 5) is 12.4. The summed E-state index contributed by atoms with van der Waals surface area (Å²) in [5, 5.41) is 15.1. The van der Waals surface area contributed by atoms with Gasteiger partial charge in [-0.25, -0.2) is 0 Å². The molecular weight excluding hydrogens is 322 g/mol. The average Bonchev–Trinajstić information content (AvgIpc) is 2.92. The maximum absolute atomic E-state index is 10.8. The van der Waals surface area contributed by atoms with Gasteiger partial charge in [-0.3, -0.25) is 10.1 Å². The summed E-state index contributed by atoms with van der Waals surface area (Å²) in [5.74, 6) is 0. The van der Waals surface area contributed by atoms with Gasteiger partial charge in [0.25, 0.3) is 5.69 Å². The number of non-ortho nitro benzene ring substituents is 1. The molecule has 0 saturated heterocycles. The van der Waals surface area contributed by atoms with Crippen molar-refractivity contribution < 1.29 is 4.92 Å². The summed E-state index contributed by atoms with van der Waals surface area (Å²) in [6, 6.07) is 12.2. The second-order valence-corrected chi connectivity index (χ2v) is 5.68. The second kappa shape index (κ2) is 5.90. The van der Waals surface area contributed by atoms with Crippen LogP contribution in [0.4, 0.5) is 17.1 Å². The molecule has 0 fully saturated rings. The Morgan fingerprint density at radius 2 is 2.09 bits per heavy atom. The smallest absolute Gasteiger partial charge is 0.269 e. The Labute approximate surface area is 137 Å². The van der Waals surface area contributed by atoms with Crippen molar-refractivity contribution in [2.24, 2.45) is 0 Å². The largest absolute Gasteiger partial charge is 0.331 e. The number of nitrogens with zero attached hydrogens (tertiary/aromatic N) is 2. The summed E-state index contributed by atoms with van der Waals surface area (Å²) in [6.45, 7) is 0.687. The van der Waals surface area contributed by atoms with Crippen molar-refractivity contribution in [3.05, 3.63) is 63.2 Å². The number of rotatable bonds is 2. The Morgan fingerprint density at radius 1 is 1.32 bits per heavy atom. The summed E-state index contributed by atoms with van der Waals surface area (Å²) >= 11 is 11.6. The van der Waals surface area contributed by atoms with Crippen LogP contribution < -0.4 is 10.2 Å². The van der Waals surface area contributed by atoms with E-state index in [-0.39, 0.29) is 10.6 Å². The molecule has 2 aromatic rings. The molecule has 0 saturated carbocycles. The molecule has 0 bridgehead atoms. The van der Waals surface area contributed by atoms with Crippen molar-refractivity contribution in [3.63, 3.8) is 0 Å². The van der Waals surface area contributed by atoms with Gasteiger partial charge in [0.2, 0.25) is 0 Å². The van der Waals surface area contributed by atoms with Gasteiger partial charge >= 0.3 is 0 Å². The van der Waals surface area contributed by atoms with Crippen molar-refractivity contribution in [3.8, 4) is 0 Å². The quantitative estimate of drug-likeness (QED) is 0.511. The van der Waals surface area contributed by atoms with Gasteiger partial charge in [-0.2, -0.15) is 0 Å². The molecule has 0 unspecified atom stereocenters. The van der Waals surface area contributed by atoms with Gasteiger partial charge in [0, 0.05) is 24.4 Å². The average molecular weight is 334 g/mol. The van der Waals surface area contributed by atoms with E-state index in [2.05, 4.69) is 5.32 Å². The molecule has 2 aromatic carbocycles. The zero-order chi connectivity index (χ0) is 15.7. The van der Waals surface area contributed by atoms with E-state index in [9.17, 15) is 10.1 Å². The van der Waals surface area contributed by atoms with E-state index in [0.717, 1.165) is 23.4 Å². The molecule has 1 N–H and O–H groups in total. The standard InChI is InChI=1S/C15H12ClN3O2S/c16-12-3-1-2-4-13(12)17-15(22)18-8-7-10-9-11(19(20)21)5-6-14(10)18/h1-6,9H,7-8H2,(H,17,22). The van der Waals surface area contributed by atoms with Crippen molar-refractivity contribution in [2.45, 2.75) is 6.42 Å². The molecule has 1 aliphatic rings. The highest BCUT2D eigenvalue weighted by molar-refractivity contribution is 7.80.